The van der Waals surface area contributed by atoms with Gasteiger partial charge in [-0.1, -0.05) is 0 Å². The largest absolute Gasteiger partial charge is 0.456 e. The molecule has 0 N–H and O–H groups in total. The lowest BCUT2D eigenvalue weighted by atomic mass is 10.1. The maximum atomic E-state index is 12.0. The van der Waals surface area contributed by atoms with Gasteiger partial charge in [-0.15, -0.1) is 0 Å². The number of hydrogen-bond acceptors (Lipinski definition) is 3. The van der Waals surface area contributed by atoms with Crippen molar-refractivity contribution in [1.29, 1.82) is 5.26 Å². The summed E-state index contributed by atoms with van der Waals surface area (Å²) < 4.78 is 35.9. The number of aromatic nitrogens is 1. The number of ketones is 1. The van der Waals surface area contributed by atoms with E-state index in [4.69, 9.17) is 5.26 Å². The van der Waals surface area contributed by atoms with E-state index in [-0.39, 0.29) is 5.56 Å². The Kier molecular flexibility index (Phi) is 2.51. The average molecular weight is 200 g/mol. The molecule has 0 saturated carbocycles. The van der Waals surface area contributed by atoms with Crippen LogP contribution in [0.25, 0.3) is 0 Å². The maximum absolute atomic E-state index is 12.0. The molecule has 14 heavy (non-hydrogen) atoms. The monoisotopic (exact) mass is 200 g/mol. The van der Waals surface area contributed by atoms with E-state index in [0.717, 1.165) is 12.3 Å². The summed E-state index contributed by atoms with van der Waals surface area (Å²) >= 11 is 0. The highest BCUT2D eigenvalue weighted by Crippen LogP contribution is 2.21. The molecule has 1 aromatic rings. The number of hydrogen-bond donors (Lipinski definition) is 0. The van der Waals surface area contributed by atoms with Crippen molar-refractivity contribution in [2.24, 2.45) is 0 Å². The fourth-order valence-electron chi connectivity index (χ4n) is 0.811. The van der Waals surface area contributed by atoms with Crippen LogP contribution in [0.5, 0.6) is 0 Å². The Bertz CT molecular complexity index is 406. The lowest BCUT2D eigenvalue weighted by Gasteiger charge is -2.04. The van der Waals surface area contributed by atoms with Crippen LogP contribution in [0.3, 0.4) is 0 Å². The van der Waals surface area contributed by atoms with E-state index in [9.17, 15) is 18.0 Å². The molecule has 0 unspecified atom stereocenters. The standard InChI is InChI=1S/C8H3F3N2O/c9-8(10,11)7(14)6-5(4-12)2-1-3-13-6/h1-3H. The van der Waals surface area contributed by atoms with E-state index in [1.165, 1.54) is 12.1 Å². The van der Waals surface area contributed by atoms with Gasteiger partial charge in [0.05, 0.1) is 5.56 Å². The Hall–Kier alpha value is -1.90. The second-order valence-corrected chi connectivity index (χ2v) is 2.34. The maximum Gasteiger partial charge on any atom is 0.456 e. The van der Waals surface area contributed by atoms with Crippen molar-refractivity contribution < 1.29 is 18.0 Å². The Labute approximate surface area is 76.8 Å². The van der Waals surface area contributed by atoms with Gasteiger partial charge in [-0.2, -0.15) is 18.4 Å². The van der Waals surface area contributed by atoms with Gasteiger partial charge in [0.1, 0.15) is 11.8 Å². The molecule has 1 rings (SSSR count). The molecule has 0 saturated heterocycles. The molecule has 0 atom stereocenters. The molecular formula is C8H3F3N2O. The molecule has 1 aromatic heterocycles. The number of pyridine rings is 1. The van der Waals surface area contributed by atoms with E-state index in [0.29, 0.717) is 0 Å². The first-order valence-corrected chi connectivity index (χ1v) is 3.43. The first-order chi connectivity index (χ1) is 6.46. The molecule has 0 aliphatic rings. The summed E-state index contributed by atoms with van der Waals surface area (Å²) in [7, 11) is 0. The van der Waals surface area contributed by atoms with Crippen molar-refractivity contribution >= 4 is 5.78 Å². The third kappa shape index (κ3) is 1.88. The molecule has 0 amide bonds. The first kappa shape index (κ1) is 10.2. The summed E-state index contributed by atoms with van der Waals surface area (Å²) in [5, 5.41) is 8.42. The number of carbonyl (C=O) groups excluding carboxylic acids is 1. The molecule has 0 fully saturated rings. The number of Topliss-reactive ketones (excluding diaryl/α,β-unsaturated/α-hetero) is 1. The first-order valence-electron chi connectivity index (χ1n) is 3.43. The molecule has 0 spiro atoms. The molecule has 3 nitrogen and oxygen atoms in total. The number of halogens is 3. The van der Waals surface area contributed by atoms with Gasteiger partial charge in [-0.25, -0.2) is 0 Å². The number of alkyl halides is 3. The molecule has 6 heteroatoms. The van der Waals surface area contributed by atoms with Gasteiger partial charge in [0, 0.05) is 6.20 Å². The molecule has 0 aliphatic carbocycles. The number of nitrogens with zero attached hydrogens (tertiary/aromatic N) is 2. The molecule has 0 aliphatic heterocycles. The quantitative estimate of drug-likeness (QED) is 0.648. The Morgan fingerprint density at radius 1 is 1.50 bits per heavy atom. The highest BCUT2D eigenvalue weighted by molar-refractivity contribution is 6.00. The fraction of sp³-hybridized carbons (Fsp3) is 0.125. The fourth-order valence-corrected chi connectivity index (χ4v) is 0.811. The summed E-state index contributed by atoms with van der Waals surface area (Å²) in [5.74, 6) is -2.10. The minimum atomic E-state index is -5.00. The second kappa shape index (κ2) is 3.46. The van der Waals surface area contributed by atoms with Crippen molar-refractivity contribution in [1.82, 2.24) is 4.98 Å². The van der Waals surface area contributed by atoms with Crippen LogP contribution in [0.15, 0.2) is 18.3 Å². The summed E-state index contributed by atoms with van der Waals surface area (Å²) in [5.41, 5.74) is -1.24. The van der Waals surface area contributed by atoms with Crippen molar-refractivity contribution in [3.8, 4) is 6.07 Å². The summed E-state index contributed by atoms with van der Waals surface area (Å²) in [6.07, 6.45) is -3.97. The average Bonchev–Trinajstić information content (AvgIpc) is 2.15. The normalized spacial score (nSPS) is 10.7. The highest BCUT2D eigenvalue weighted by atomic mass is 19.4. The predicted molar refractivity (Wildman–Crippen MR) is 39.3 cm³/mol. The summed E-state index contributed by atoms with van der Waals surface area (Å²) in [6.45, 7) is 0. The van der Waals surface area contributed by atoms with Crippen LogP contribution in [0.2, 0.25) is 0 Å². The van der Waals surface area contributed by atoms with Crippen molar-refractivity contribution in [3.63, 3.8) is 0 Å². The van der Waals surface area contributed by atoms with Gasteiger partial charge in [-0.05, 0) is 12.1 Å². The lowest BCUT2D eigenvalue weighted by molar-refractivity contribution is -0.0888. The minimum Gasteiger partial charge on any atom is -0.282 e. The van der Waals surface area contributed by atoms with E-state index >= 15 is 0 Å². The number of nitriles is 1. The van der Waals surface area contributed by atoms with Gasteiger partial charge < -0.3 is 0 Å². The summed E-state index contributed by atoms with van der Waals surface area (Å²) in [4.78, 5) is 13.9. The van der Waals surface area contributed by atoms with Crippen LogP contribution in [0.1, 0.15) is 16.1 Å². The highest BCUT2D eigenvalue weighted by Gasteiger charge is 2.41. The van der Waals surface area contributed by atoms with Crippen molar-refractivity contribution in [3.05, 3.63) is 29.6 Å². The van der Waals surface area contributed by atoms with Gasteiger partial charge in [-0.3, -0.25) is 9.78 Å². The third-order valence-electron chi connectivity index (χ3n) is 1.40. The van der Waals surface area contributed by atoms with Crippen LogP contribution in [-0.4, -0.2) is 16.9 Å². The van der Waals surface area contributed by atoms with E-state index < -0.39 is 17.7 Å². The van der Waals surface area contributed by atoms with Crippen molar-refractivity contribution in [2.75, 3.05) is 0 Å². The number of carbonyl (C=O) groups is 1. The second-order valence-electron chi connectivity index (χ2n) is 2.34. The lowest BCUT2D eigenvalue weighted by Crippen LogP contribution is -2.24. The molecule has 1 heterocycles. The molecule has 0 radical (unpaired) electrons. The predicted octanol–water partition coefficient (Wildman–Crippen LogP) is 1.70. The van der Waals surface area contributed by atoms with Gasteiger partial charge in [0.15, 0.2) is 0 Å². The molecular weight excluding hydrogens is 197 g/mol. The summed E-state index contributed by atoms with van der Waals surface area (Å²) in [6, 6.07) is 3.85. The van der Waals surface area contributed by atoms with Crippen LogP contribution < -0.4 is 0 Å². The topological polar surface area (TPSA) is 53.8 Å². The van der Waals surface area contributed by atoms with Crippen LogP contribution in [-0.2, 0) is 0 Å². The van der Waals surface area contributed by atoms with Crippen LogP contribution in [0, 0.1) is 11.3 Å². The SMILES string of the molecule is N#Cc1cccnc1C(=O)C(F)(F)F. The van der Waals surface area contributed by atoms with E-state index in [1.54, 1.807) is 0 Å². The number of rotatable bonds is 1. The van der Waals surface area contributed by atoms with Crippen LogP contribution in [0.4, 0.5) is 13.2 Å². The third-order valence-corrected chi connectivity index (χ3v) is 1.40. The van der Waals surface area contributed by atoms with Crippen LogP contribution >= 0.6 is 0 Å². The van der Waals surface area contributed by atoms with Gasteiger partial charge in [0.2, 0.25) is 0 Å². The van der Waals surface area contributed by atoms with Gasteiger partial charge >= 0.3 is 6.18 Å². The zero-order chi connectivity index (χ0) is 10.8. The molecule has 0 aromatic carbocycles. The minimum absolute atomic E-state index is 0.380. The smallest absolute Gasteiger partial charge is 0.282 e. The van der Waals surface area contributed by atoms with E-state index in [1.807, 2.05) is 0 Å². The zero-order valence-electron chi connectivity index (χ0n) is 6.67. The zero-order valence-corrected chi connectivity index (χ0v) is 6.67. The Morgan fingerprint density at radius 2 is 2.14 bits per heavy atom. The Balaban J connectivity index is 3.22. The molecule has 72 valence electrons. The Morgan fingerprint density at radius 3 is 2.64 bits per heavy atom. The van der Waals surface area contributed by atoms with Gasteiger partial charge in [0.25, 0.3) is 5.78 Å². The molecule has 0 bridgehead atoms. The van der Waals surface area contributed by atoms with Crippen molar-refractivity contribution in [2.45, 2.75) is 6.18 Å². The van der Waals surface area contributed by atoms with E-state index in [2.05, 4.69) is 4.98 Å².